The molecule has 1 unspecified atom stereocenters. The normalized spacial score (nSPS) is 23.9. The van der Waals surface area contributed by atoms with Crippen molar-refractivity contribution in [3.05, 3.63) is 12.4 Å². The Morgan fingerprint density at radius 2 is 1.77 bits per heavy atom. The second kappa shape index (κ2) is 7.39. The molecule has 2 saturated heterocycles. The minimum absolute atomic E-state index is 0.0793. The zero-order valence-electron chi connectivity index (χ0n) is 15.8. The number of aromatic nitrogens is 2. The van der Waals surface area contributed by atoms with Gasteiger partial charge in [0.1, 0.15) is 18.0 Å². The number of piperidine rings is 1. The van der Waals surface area contributed by atoms with E-state index in [-0.39, 0.29) is 11.8 Å². The minimum atomic E-state index is 0.0793. The highest BCUT2D eigenvalue weighted by atomic mass is 16.5. The summed E-state index contributed by atoms with van der Waals surface area (Å²) in [6.45, 7) is 3.01. The average Bonchev–Trinajstić information content (AvgIpc) is 3.33. The van der Waals surface area contributed by atoms with Gasteiger partial charge >= 0.3 is 0 Å². The van der Waals surface area contributed by atoms with Crippen LogP contribution in [-0.4, -0.2) is 73.3 Å². The lowest BCUT2D eigenvalue weighted by Gasteiger charge is -2.40. The molecular formula is C19H29N5O2. The van der Waals surface area contributed by atoms with E-state index in [1.807, 2.05) is 23.9 Å². The Kier molecular flexibility index (Phi) is 4.98. The van der Waals surface area contributed by atoms with Crippen molar-refractivity contribution in [1.82, 2.24) is 14.9 Å². The van der Waals surface area contributed by atoms with Crippen molar-refractivity contribution < 1.29 is 9.53 Å². The van der Waals surface area contributed by atoms with Gasteiger partial charge < -0.3 is 19.4 Å². The molecule has 0 radical (unpaired) electrons. The van der Waals surface area contributed by atoms with E-state index in [1.165, 1.54) is 12.8 Å². The Bertz CT molecular complexity index is 635. The molecule has 1 aliphatic carbocycles. The zero-order chi connectivity index (χ0) is 18.1. The number of ether oxygens (including phenoxy) is 1. The highest BCUT2D eigenvalue weighted by Gasteiger charge is 2.38. The number of likely N-dealkylation sites (tertiary alicyclic amines) is 1. The molecule has 7 nitrogen and oxygen atoms in total. The summed E-state index contributed by atoms with van der Waals surface area (Å²) in [4.78, 5) is 28.1. The van der Waals surface area contributed by atoms with Crippen LogP contribution < -0.4 is 9.80 Å². The first-order chi connectivity index (χ1) is 12.6. The van der Waals surface area contributed by atoms with Gasteiger partial charge in [0.2, 0.25) is 5.91 Å². The van der Waals surface area contributed by atoms with Crippen molar-refractivity contribution in [1.29, 1.82) is 0 Å². The fourth-order valence-corrected chi connectivity index (χ4v) is 4.10. The molecule has 1 aromatic rings. The summed E-state index contributed by atoms with van der Waals surface area (Å²) in [6, 6.07) is 3.14. The minimum Gasteiger partial charge on any atom is -0.381 e. The topological polar surface area (TPSA) is 61.8 Å². The van der Waals surface area contributed by atoms with Crippen LogP contribution in [0.25, 0.3) is 0 Å². The average molecular weight is 359 g/mol. The maximum atomic E-state index is 12.6. The quantitative estimate of drug-likeness (QED) is 0.795. The van der Waals surface area contributed by atoms with Crippen molar-refractivity contribution in [2.24, 2.45) is 5.92 Å². The molecule has 3 fully saturated rings. The van der Waals surface area contributed by atoms with Gasteiger partial charge in [-0.1, -0.05) is 0 Å². The van der Waals surface area contributed by atoms with Gasteiger partial charge in [-0.15, -0.1) is 0 Å². The molecule has 4 rings (SSSR count). The van der Waals surface area contributed by atoms with Gasteiger partial charge in [0, 0.05) is 51.9 Å². The number of anilines is 2. The molecule has 2 aliphatic heterocycles. The van der Waals surface area contributed by atoms with Gasteiger partial charge in [0.05, 0.1) is 12.5 Å². The molecule has 0 spiro atoms. The van der Waals surface area contributed by atoms with Gasteiger partial charge in [-0.05, 0) is 32.1 Å². The van der Waals surface area contributed by atoms with Gasteiger partial charge in [0.25, 0.3) is 0 Å². The third kappa shape index (κ3) is 3.63. The second-order valence-electron chi connectivity index (χ2n) is 7.88. The molecule has 0 N–H and O–H groups in total. The van der Waals surface area contributed by atoms with Gasteiger partial charge in [-0.2, -0.15) is 0 Å². The third-order valence-electron chi connectivity index (χ3n) is 5.75. The van der Waals surface area contributed by atoms with Crippen LogP contribution in [0.4, 0.5) is 11.6 Å². The standard InChI is InChI=1S/C19H29N5O2/c1-22(2)17-11-18(21-13-20-17)24(15-3-4-15)16-5-8-23(9-6-16)19(25)14-7-10-26-12-14/h11,13-16H,3-10,12H2,1-2H3. The summed E-state index contributed by atoms with van der Waals surface area (Å²) in [7, 11) is 4.01. The summed E-state index contributed by atoms with van der Waals surface area (Å²) in [5, 5.41) is 0. The first-order valence-electron chi connectivity index (χ1n) is 9.77. The van der Waals surface area contributed by atoms with Crippen LogP contribution >= 0.6 is 0 Å². The summed E-state index contributed by atoms with van der Waals surface area (Å²) in [5.74, 6) is 2.33. The predicted molar refractivity (Wildman–Crippen MR) is 100 cm³/mol. The molecular weight excluding hydrogens is 330 g/mol. The van der Waals surface area contributed by atoms with E-state index < -0.39 is 0 Å². The van der Waals surface area contributed by atoms with E-state index in [2.05, 4.69) is 20.9 Å². The van der Waals surface area contributed by atoms with Crippen molar-refractivity contribution in [3.8, 4) is 0 Å². The summed E-state index contributed by atoms with van der Waals surface area (Å²) in [6.07, 6.45) is 7.04. The van der Waals surface area contributed by atoms with Gasteiger partial charge in [-0.25, -0.2) is 9.97 Å². The van der Waals surface area contributed by atoms with Crippen LogP contribution in [0, 0.1) is 5.92 Å². The fourth-order valence-electron chi connectivity index (χ4n) is 4.10. The van der Waals surface area contributed by atoms with Crippen molar-refractivity contribution in [2.45, 2.75) is 44.2 Å². The second-order valence-corrected chi connectivity index (χ2v) is 7.88. The maximum Gasteiger partial charge on any atom is 0.228 e. The Morgan fingerprint density at radius 1 is 1.08 bits per heavy atom. The summed E-state index contributed by atoms with van der Waals surface area (Å²) >= 11 is 0. The first-order valence-corrected chi connectivity index (χ1v) is 9.77. The Labute approximate surface area is 155 Å². The molecule has 0 bridgehead atoms. The van der Waals surface area contributed by atoms with Crippen LogP contribution in [0.1, 0.15) is 32.1 Å². The molecule has 1 amide bonds. The van der Waals surface area contributed by atoms with Crippen LogP contribution in [0.15, 0.2) is 12.4 Å². The first kappa shape index (κ1) is 17.5. The van der Waals surface area contributed by atoms with Crippen molar-refractivity contribution >= 4 is 17.5 Å². The van der Waals surface area contributed by atoms with E-state index in [4.69, 9.17) is 4.74 Å². The Morgan fingerprint density at radius 3 is 2.38 bits per heavy atom. The Hall–Kier alpha value is -1.89. The van der Waals surface area contributed by atoms with E-state index in [0.717, 1.165) is 50.6 Å². The molecule has 0 aromatic carbocycles. The molecule has 3 aliphatic rings. The van der Waals surface area contributed by atoms with E-state index in [1.54, 1.807) is 6.33 Å². The number of hydrogen-bond acceptors (Lipinski definition) is 6. The fraction of sp³-hybridized carbons (Fsp3) is 0.737. The van der Waals surface area contributed by atoms with Crippen molar-refractivity contribution in [2.75, 3.05) is 50.2 Å². The molecule has 7 heteroatoms. The smallest absolute Gasteiger partial charge is 0.228 e. The SMILES string of the molecule is CN(C)c1cc(N(C2CC2)C2CCN(C(=O)C3CCOC3)CC2)ncn1. The zero-order valence-corrected chi connectivity index (χ0v) is 15.8. The third-order valence-corrected chi connectivity index (χ3v) is 5.75. The van der Waals surface area contributed by atoms with Crippen molar-refractivity contribution in [3.63, 3.8) is 0 Å². The summed E-state index contributed by atoms with van der Waals surface area (Å²) in [5.41, 5.74) is 0. The lowest BCUT2D eigenvalue weighted by molar-refractivity contribution is -0.136. The number of carbonyl (C=O) groups is 1. The Balaban J connectivity index is 1.43. The highest BCUT2D eigenvalue weighted by Crippen LogP contribution is 2.36. The molecule has 1 aromatic heterocycles. The van der Waals surface area contributed by atoms with Crippen LogP contribution in [0.2, 0.25) is 0 Å². The molecule has 142 valence electrons. The number of rotatable bonds is 5. The highest BCUT2D eigenvalue weighted by molar-refractivity contribution is 5.79. The monoisotopic (exact) mass is 359 g/mol. The van der Waals surface area contributed by atoms with Crippen LogP contribution in [0.5, 0.6) is 0 Å². The van der Waals surface area contributed by atoms with E-state index in [9.17, 15) is 4.79 Å². The molecule has 26 heavy (non-hydrogen) atoms. The lowest BCUT2D eigenvalue weighted by atomic mass is 10.00. The molecule has 1 atom stereocenters. The van der Waals surface area contributed by atoms with E-state index in [0.29, 0.717) is 18.7 Å². The number of hydrogen-bond donors (Lipinski definition) is 0. The lowest BCUT2D eigenvalue weighted by Crippen LogP contribution is -2.49. The van der Waals surface area contributed by atoms with Crippen LogP contribution in [0.3, 0.4) is 0 Å². The largest absolute Gasteiger partial charge is 0.381 e. The predicted octanol–water partition coefficient (Wildman–Crippen LogP) is 1.54. The van der Waals surface area contributed by atoms with E-state index >= 15 is 0 Å². The number of carbonyl (C=O) groups excluding carboxylic acids is 1. The maximum absolute atomic E-state index is 12.6. The van der Waals surface area contributed by atoms with Gasteiger partial charge in [-0.3, -0.25) is 4.79 Å². The number of amides is 1. The summed E-state index contributed by atoms with van der Waals surface area (Å²) < 4.78 is 5.38. The molecule has 3 heterocycles. The van der Waals surface area contributed by atoms with Gasteiger partial charge in [0.15, 0.2) is 0 Å². The molecule has 1 saturated carbocycles. The number of nitrogens with zero attached hydrogens (tertiary/aromatic N) is 5. The van der Waals surface area contributed by atoms with Crippen LogP contribution in [-0.2, 0) is 9.53 Å².